The maximum absolute atomic E-state index is 5.95. The summed E-state index contributed by atoms with van der Waals surface area (Å²) in [5.74, 6) is 2.42. The Bertz CT molecular complexity index is 453. The van der Waals surface area contributed by atoms with Crippen LogP contribution in [0.4, 0.5) is 11.5 Å². The van der Waals surface area contributed by atoms with Crippen molar-refractivity contribution in [3.05, 3.63) is 12.1 Å². The third-order valence-corrected chi connectivity index (χ3v) is 4.53. The molecule has 0 aliphatic heterocycles. The van der Waals surface area contributed by atoms with Crippen molar-refractivity contribution >= 4 is 11.5 Å². The van der Waals surface area contributed by atoms with Crippen molar-refractivity contribution in [2.24, 2.45) is 5.92 Å². The molecule has 1 heterocycles. The Hall–Kier alpha value is -1.45. The molecular formula is C17H29N3O. The van der Waals surface area contributed by atoms with Crippen molar-refractivity contribution in [1.29, 1.82) is 0 Å². The van der Waals surface area contributed by atoms with Gasteiger partial charge in [-0.3, -0.25) is 0 Å². The second-order valence-corrected chi connectivity index (χ2v) is 6.42. The molecule has 21 heavy (non-hydrogen) atoms. The lowest BCUT2D eigenvalue weighted by molar-refractivity contribution is 0.234. The average Bonchev–Trinajstić information content (AvgIpc) is 2.48. The lowest BCUT2D eigenvalue weighted by Crippen LogP contribution is -2.35. The Kier molecular flexibility index (Phi) is 5.32. The summed E-state index contributed by atoms with van der Waals surface area (Å²) in [6.45, 7) is 6.28. The highest BCUT2D eigenvalue weighted by atomic mass is 16.5. The minimum atomic E-state index is 0.0837. The number of rotatable bonds is 5. The molecule has 0 unspecified atom stereocenters. The first-order valence-corrected chi connectivity index (χ1v) is 8.17. The van der Waals surface area contributed by atoms with E-state index in [2.05, 4.69) is 23.9 Å². The molecule has 2 rings (SSSR count). The van der Waals surface area contributed by atoms with E-state index in [1.165, 1.54) is 32.1 Å². The van der Waals surface area contributed by atoms with Gasteiger partial charge in [-0.2, -0.15) is 4.98 Å². The van der Waals surface area contributed by atoms with Gasteiger partial charge in [0, 0.05) is 13.1 Å². The normalized spacial score (nSPS) is 22.3. The van der Waals surface area contributed by atoms with Crippen molar-refractivity contribution in [2.75, 3.05) is 17.7 Å². The number of anilines is 2. The Balaban J connectivity index is 2.07. The Morgan fingerprint density at radius 2 is 1.95 bits per heavy atom. The van der Waals surface area contributed by atoms with Crippen molar-refractivity contribution in [1.82, 2.24) is 4.98 Å². The van der Waals surface area contributed by atoms with Crippen LogP contribution in [0.3, 0.4) is 0 Å². The molecule has 1 fully saturated rings. The number of nitrogens with zero attached hydrogens (tertiary/aromatic N) is 2. The Morgan fingerprint density at radius 3 is 2.52 bits per heavy atom. The topological polar surface area (TPSA) is 51.4 Å². The summed E-state index contributed by atoms with van der Waals surface area (Å²) in [5, 5.41) is 0. The van der Waals surface area contributed by atoms with Gasteiger partial charge in [-0.25, -0.2) is 0 Å². The number of nitrogens with two attached hydrogens (primary N) is 1. The van der Waals surface area contributed by atoms with Gasteiger partial charge >= 0.3 is 0 Å². The first kappa shape index (κ1) is 15.9. The van der Waals surface area contributed by atoms with Gasteiger partial charge in [-0.05, 0) is 57.6 Å². The lowest BCUT2D eigenvalue weighted by atomic mass is 9.84. The maximum Gasteiger partial charge on any atom is 0.239 e. The van der Waals surface area contributed by atoms with Crippen molar-refractivity contribution in [2.45, 2.75) is 65.0 Å². The van der Waals surface area contributed by atoms with E-state index in [1.807, 2.05) is 26.0 Å². The van der Waals surface area contributed by atoms with Gasteiger partial charge in [0.1, 0.15) is 5.82 Å². The zero-order valence-corrected chi connectivity index (χ0v) is 13.8. The van der Waals surface area contributed by atoms with Gasteiger partial charge in [0.05, 0.1) is 11.8 Å². The summed E-state index contributed by atoms with van der Waals surface area (Å²) in [7, 11) is 2.13. The second-order valence-electron chi connectivity index (χ2n) is 6.42. The molecule has 4 heteroatoms. The summed E-state index contributed by atoms with van der Waals surface area (Å²) in [5.41, 5.74) is 6.55. The highest BCUT2D eigenvalue weighted by molar-refractivity contribution is 5.54. The smallest absolute Gasteiger partial charge is 0.239 e. The fraction of sp³-hybridized carbons (Fsp3) is 0.706. The maximum atomic E-state index is 5.95. The van der Waals surface area contributed by atoms with E-state index in [9.17, 15) is 0 Å². The summed E-state index contributed by atoms with van der Waals surface area (Å²) < 4.78 is 5.69. The molecule has 1 aromatic heterocycles. The van der Waals surface area contributed by atoms with Gasteiger partial charge in [0.2, 0.25) is 5.88 Å². The fourth-order valence-electron chi connectivity index (χ4n) is 3.08. The van der Waals surface area contributed by atoms with Gasteiger partial charge < -0.3 is 15.4 Å². The first-order chi connectivity index (χ1) is 10.0. The largest absolute Gasteiger partial charge is 0.473 e. The van der Waals surface area contributed by atoms with E-state index in [1.54, 1.807) is 0 Å². The highest BCUT2D eigenvalue weighted by Gasteiger charge is 2.24. The standard InChI is InChI=1S/C17H29N3O/c1-5-13-6-8-14(9-7-13)20(4)16-11-10-15(18)17(19-16)21-12(2)3/h10-14H,5-9,18H2,1-4H3. The molecule has 4 nitrogen and oxygen atoms in total. The van der Waals surface area contributed by atoms with Crippen LogP contribution in [0.1, 0.15) is 52.9 Å². The summed E-state index contributed by atoms with van der Waals surface area (Å²) in [4.78, 5) is 6.90. The third-order valence-electron chi connectivity index (χ3n) is 4.53. The number of hydrogen-bond acceptors (Lipinski definition) is 4. The summed E-state index contributed by atoms with van der Waals surface area (Å²) >= 11 is 0. The van der Waals surface area contributed by atoms with Crippen LogP contribution in [-0.4, -0.2) is 24.2 Å². The van der Waals surface area contributed by atoms with E-state index >= 15 is 0 Å². The monoisotopic (exact) mass is 291 g/mol. The Labute approximate surface area is 128 Å². The molecule has 0 aromatic carbocycles. The summed E-state index contributed by atoms with van der Waals surface area (Å²) in [6.07, 6.45) is 6.55. The number of aromatic nitrogens is 1. The lowest BCUT2D eigenvalue weighted by Gasteiger charge is -2.35. The molecule has 1 aromatic rings. The number of pyridine rings is 1. The molecule has 0 radical (unpaired) electrons. The third kappa shape index (κ3) is 4.02. The van der Waals surface area contributed by atoms with Crippen LogP contribution in [0.5, 0.6) is 5.88 Å². The first-order valence-electron chi connectivity index (χ1n) is 8.17. The molecule has 0 amide bonds. The molecule has 118 valence electrons. The van der Waals surface area contributed by atoms with Gasteiger partial charge in [0.15, 0.2) is 0 Å². The SMILES string of the molecule is CCC1CCC(N(C)c2ccc(N)c(OC(C)C)n2)CC1. The zero-order chi connectivity index (χ0) is 15.4. The van der Waals surface area contributed by atoms with E-state index in [0.717, 1.165) is 11.7 Å². The molecule has 0 bridgehead atoms. The number of nitrogen functional groups attached to an aromatic ring is 1. The predicted molar refractivity (Wildman–Crippen MR) is 88.9 cm³/mol. The minimum absolute atomic E-state index is 0.0837. The van der Waals surface area contributed by atoms with E-state index in [0.29, 0.717) is 17.6 Å². The highest BCUT2D eigenvalue weighted by Crippen LogP contribution is 2.32. The van der Waals surface area contributed by atoms with Gasteiger partial charge in [-0.15, -0.1) is 0 Å². The van der Waals surface area contributed by atoms with Gasteiger partial charge in [-0.1, -0.05) is 13.3 Å². The average molecular weight is 291 g/mol. The second kappa shape index (κ2) is 7.01. The molecule has 2 N–H and O–H groups in total. The molecule has 0 saturated heterocycles. The minimum Gasteiger partial charge on any atom is -0.473 e. The van der Waals surface area contributed by atoms with Crippen LogP contribution in [0, 0.1) is 5.92 Å². The predicted octanol–water partition coefficient (Wildman–Crippen LogP) is 3.86. The molecular weight excluding hydrogens is 262 g/mol. The van der Waals surface area contributed by atoms with Crippen LogP contribution in [0.25, 0.3) is 0 Å². The van der Waals surface area contributed by atoms with Crippen LogP contribution in [0.2, 0.25) is 0 Å². The van der Waals surface area contributed by atoms with Crippen LogP contribution >= 0.6 is 0 Å². The van der Waals surface area contributed by atoms with Crippen LogP contribution in [0.15, 0.2) is 12.1 Å². The fourth-order valence-corrected chi connectivity index (χ4v) is 3.08. The summed E-state index contributed by atoms with van der Waals surface area (Å²) in [6, 6.07) is 4.47. The molecule has 1 saturated carbocycles. The number of ether oxygens (including phenoxy) is 1. The van der Waals surface area contributed by atoms with E-state index in [-0.39, 0.29) is 6.10 Å². The van der Waals surface area contributed by atoms with Crippen molar-refractivity contribution < 1.29 is 4.74 Å². The van der Waals surface area contributed by atoms with Crippen LogP contribution < -0.4 is 15.4 Å². The van der Waals surface area contributed by atoms with Crippen molar-refractivity contribution in [3.8, 4) is 5.88 Å². The molecule has 1 aliphatic rings. The number of hydrogen-bond donors (Lipinski definition) is 1. The van der Waals surface area contributed by atoms with Crippen LogP contribution in [-0.2, 0) is 0 Å². The molecule has 0 spiro atoms. The molecule has 1 aliphatic carbocycles. The van der Waals surface area contributed by atoms with Crippen molar-refractivity contribution in [3.63, 3.8) is 0 Å². The van der Waals surface area contributed by atoms with Gasteiger partial charge in [0.25, 0.3) is 0 Å². The zero-order valence-electron chi connectivity index (χ0n) is 13.8. The quantitative estimate of drug-likeness (QED) is 0.895. The van der Waals surface area contributed by atoms with E-state index < -0.39 is 0 Å². The Morgan fingerprint density at radius 1 is 1.29 bits per heavy atom. The van der Waals surface area contributed by atoms with E-state index in [4.69, 9.17) is 10.5 Å². The molecule has 0 atom stereocenters.